The highest BCUT2D eigenvalue weighted by Crippen LogP contribution is 2.24. The highest BCUT2D eigenvalue weighted by molar-refractivity contribution is 7.92. The van der Waals surface area contributed by atoms with Crippen LogP contribution in [-0.4, -0.2) is 14.3 Å². The quantitative estimate of drug-likeness (QED) is 0.593. The average Bonchev–Trinajstić information content (AvgIpc) is 2.70. The lowest BCUT2D eigenvalue weighted by molar-refractivity contribution is 0.0939. The fourth-order valence-electron chi connectivity index (χ4n) is 3.13. The summed E-state index contributed by atoms with van der Waals surface area (Å²) in [5.74, 6) is -0.253. The van der Waals surface area contributed by atoms with Gasteiger partial charge in [-0.25, -0.2) is 8.42 Å². The Morgan fingerprint density at radius 1 is 0.833 bits per heavy atom. The van der Waals surface area contributed by atoms with Crippen molar-refractivity contribution in [3.05, 3.63) is 94.5 Å². The Kier molecular flexibility index (Phi) is 6.27. The first kappa shape index (κ1) is 21.6. The highest BCUT2D eigenvalue weighted by Gasteiger charge is 2.19. The van der Waals surface area contributed by atoms with Crippen molar-refractivity contribution < 1.29 is 13.2 Å². The van der Waals surface area contributed by atoms with E-state index in [9.17, 15) is 13.2 Å². The number of carbonyl (C=O) groups excluding carboxylic acids is 1. The third kappa shape index (κ3) is 4.89. The molecule has 1 unspecified atom stereocenters. The van der Waals surface area contributed by atoms with Crippen LogP contribution in [0.15, 0.2) is 71.6 Å². The van der Waals surface area contributed by atoms with Gasteiger partial charge in [0.25, 0.3) is 15.9 Å². The van der Waals surface area contributed by atoms with E-state index in [1.807, 2.05) is 45.0 Å². The minimum absolute atomic E-state index is 0.176. The summed E-state index contributed by atoms with van der Waals surface area (Å²) >= 11 is 0. The van der Waals surface area contributed by atoms with Crippen molar-refractivity contribution in [1.29, 1.82) is 0 Å². The zero-order valence-corrected chi connectivity index (χ0v) is 18.4. The smallest absolute Gasteiger partial charge is 0.261 e. The molecule has 0 aromatic heterocycles. The molecule has 5 nitrogen and oxygen atoms in total. The lowest BCUT2D eigenvalue weighted by Crippen LogP contribution is -2.27. The minimum Gasteiger partial charge on any atom is -0.346 e. The average molecular weight is 423 g/mol. The number of amides is 1. The number of benzene rings is 3. The Morgan fingerprint density at radius 3 is 2.00 bits per heavy atom. The molecule has 0 aliphatic heterocycles. The van der Waals surface area contributed by atoms with Crippen LogP contribution in [0, 0.1) is 20.8 Å². The van der Waals surface area contributed by atoms with Gasteiger partial charge in [-0.15, -0.1) is 0 Å². The maximum absolute atomic E-state index is 12.9. The predicted molar refractivity (Wildman–Crippen MR) is 120 cm³/mol. The van der Waals surface area contributed by atoms with Crippen LogP contribution in [-0.2, 0) is 10.0 Å². The van der Waals surface area contributed by atoms with Gasteiger partial charge in [0.05, 0.1) is 16.6 Å². The third-order valence-corrected chi connectivity index (χ3v) is 6.46. The van der Waals surface area contributed by atoms with E-state index in [0.29, 0.717) is 16.8 Å². The third-order valence-electron chi connectivity index (χ3n) is 5.08. The summed E-state index contributed by atoms with van der Waals surface area (Å²) in [7, 11) is -3.75. The SMILES string of the molecule is Cc1ccc(C(C)NC(=O)c2cccc(NS(=O)(=O)c3ccc(C)cc3)c2C)cc1. The summed E-state index contributed by atoms with van der Waals surface area (Å²) in [5.41, 5.74) is 4.52. The van der Waals surface area contributed by atoms with Crippen LogP contribution in [0.2, 0.25) is 0 Å². The first-order chi connectivity index (χ1) is 14.2. The zero-order valence-electron chi connectivity index (χ0n) is 17.6. The topological polar surface area (TPSA) is 75.3 Å². The molecule has 156 valence electrons. The molecule has 2 N–H and O–H groups in total. The van der Waals surface area contributed by atoms with E-state index < -0.39 is 10.0 Å². The zero-order chi connectivity index (χ0) is 21.9. The molecule has 0 saturated carbocycles. The fourth-order valence-corrected chi connectivity index (χ4v) is 4.25. The molecule has 0 saturated heterocycles. The van der Waals surface area contributed by atoms with E-state index in [4.69, 9.17) is 0 Å². The summed E-state index contributed by atoms with van der Waals surface area (Å²) in [6.07, 6.45) is 0. The van der Waals surface area contributed by atoms with Crippen LogP contribution in [0.1, 0.15) is 45.6 Å². The molecule has 30 heavy (non-hydrogen) atoms. The largest absolute Gasteiger partial charge is 0.346 e. The molecule has 3 aromatic carbocycles. The molecule has 0 aliphatic rings. The summed E-state index contributed by atoms with van der Waals surface area (Å²) < 4.78 is 28.1. The monoisotopic (exact) mass is 422 g/mol. The second-order valence-corrected chi connectivity index (χ2v) is 9.18. The number of rotatable bonds is 6. The first-order valence-corrected chi connectivity index (χ1v) is 11.2. The van der Waals surface area contributed by atoms with Crippen molar-refractivity contribution in [2.75, 3.05) is 4.72 Å². The molecule has 3 rings (SSSR count). The van der Waals surface area contributed by atoms with Crippen molar-refractivity contribution >= 4 is 21.6 Å². The Bertz CT molecular complexity index is 1150. The van der Waals surface area contributed by atoms with Gasteiger partial charge in [0.2, 0.25) is 0 Å². The molecule has 0 bridgehead atoms. The molecule has 0 fully saturated rings. The van der Waals surface area contributed by atoms with Gasteiger partial charge in [-0.2, -0.15) is 0 Å². The van der Waals surface area contributed by atoms with Gasteiger partial charge >= 0.3 is 0 Å². The van der Waals surface area contributed by atoms with Gasteiger partial charge < -0.3 is 5.32 Å². The molecule has 0 aliphatic carbocycles. The second-order valence-electron chi connectivity index (χ2n) is 7.50. The molecule has 1 amide bonds. The summed E-state index contributed by atoms with van der Waals surface area (Å²) in [5, 5.41) is 2.98. The summed E-state index contributed by atoms with van der Waals surface area (Å²) in [6, 6.07) is 19.4. The van der Waals surface area contributed by atoms with Gasteiger partial charge in [0.15, 0.2) is 0 Å². The van der Waals surface area contributed by atoms with Crippen molar-refractivity contribution in [3.63, 3.8) is 0 Å². The fraction of sp³-hybridized carbons (Fsp3) is 0.208. The van der Waals surface area contributed by atoms with Crippen molar-refractivity contribution in [1.82, 2.24) is 5.32 Å². The van der Waals surface area contributed by atoms with Crippen LogP contribution >= 0.6 is 0 Å². The van der Waals surface area contributed by atoms with Crippen molar-refractivity contribution in [2.45, 2.75) is 38.6 Å². The van der Waals surface area contributed by atoms with E-state index in [-0.39, 0.29) is 16.8 Å². The van der Waals surface area contributed by atoms with E-state index in [2.05, 4.69) is 10.0 Å². The molecule has 3 aromatic rings. The lowest BCUT2D eigenvalue weighted by atomic mass is 10.0. The van der Waals surface area contributed by atoms with E-state index in [1.165, 1.54) is 0 Å². The second kappa shape index (κ2) is 8.71. The minimum atomic E-state index is -3.75. The molecule has 1 atom stereocenters. The number of sulfonamides is 1. The summed E-state index contributed by atoms with van der Waals surface area (Å²) in [6.45, 7) is 7.56. The van der Waals surface area contributed by atoms with E-state index in [0.717, 1.165) is 16.7 Å². The Morgan fingerprint density at radius 2 is 1.40 bits per heavy atom. The normalized spacial score (nSPS) is 12.3. The predicted octanol–water partition coefficient (Wildman–Crippen LogP) is 4.90. The number of hydrogen-bond donors (Lipinski definition) is 2. The molecular formula is C24H26N2O3S. The Hall–Kier alpha value is -3.12. The molecular weight excluding hydrogens is 396 g/mol. The van der Waals surface area contributed by atoms with Crippen LogP contribution in [0.3, 0.4) is 0 Å². The van der Waals surface area contributed by atoms with Gasteiger partial charge in [-0.3, -0.25) is 9.52 Å². The van der Waals surface area contributed by atoms with E-state index >= 15 is 0 Å². The summed E-state index contributed by atoms with van der Waals surface area (Å²) in [4.78, 5) is 13.0. The van der Waals surface area contributed by atoms with Crippen molar-refractivity contribution in [2.24, 2.45) is 0 Å². The van der Waals surface area contributed by atoms with Crippen molar-refractivity contribution in [3.8, 4) is 0 Å². The molecule has 0 heterocycles. The highest BCUT2D eigenvalue weighted by atomic mass is 32.2. The Labute approximate surface area is 178 Å². The van der Waals surface area contributed by atoms with Crippen LogP contribution in [0.4, 0.5) is 5.69 Å². The standard InChI is InChI=1S/C24H26N2O3S/c1-16-8-12-20(13-9-16)19(4)25-24(27)22-6-5-7-23(18(22)3)26-30(28,29)21-14-10-17(2)11-15-21/h5-15,19,26H,1-4H3,(H,25,27). The number of anilines is 1. The van der Waals surface area contributed by atoms with Gasteiger partial charge in [-0.1, -0.05) is 53.6 Å². The van der Waals surface area contributed by atoms with Gasteiger partial charge in [-0.05, 0) is 63.1 Å². The van der Waals surface area contributed by atoms with Crippen LogP contribution in [0.5, 0.6) is 0 Å². The lowest BCUT2D eigenvalue weighted by Gasteiger charge is -2.17. The molecule has 0 radical (unpaired) electrons. The maximum atomic E-state index is 12.9. The maximum Gasteiger partial charge on any atom is 0.261 e. The molecule has 0 spiro atoms. The number of hydrogen-bond acceptors (Lipinski definition) is 3. The Balaban J connectivity index is 1.81. The number of nitrogens with one attached hydrogen (secondary N) is 2. The number of carbonyl (C=O) groups is 1. The first-order valence-electron chi connectivity index (χ1n) is 9.74. The number of aryl methyl sites for hydroxylation is 2. The van der Waals surface area contributed by atoms with Gasteiger partial charge in [0.1, 0.15) is 0 Å². The molecule has 6 heteroatoms. The van der Waals surface area contributed by atoms with E-state index in [1.54, 1.807) is 49.4 Å². The van der Waals surface area contributed by atoms with Crippen LogP contribution < -0.4 is 10.0 Å². The van der Waals surface area contributed by atoms with Crippen LogP contribution in [0.25, 0.3) is 0 Å². The van der Waals surface area contributed by atoms with Gasteiger partial charge in [0, 0.05) is 5.56 Å².